The number of carbonyl (C=O) groups excluding carboxylic acids is 1. The molecule has 1 N–H and O–H groups in total. The Labute approximate surface area is 116 Å². The van der Waals surface area contributed by atoms with E-state index in [9.17, 15) is 4.79 Å². The van der Waals surface area contributed by atoms with Crippen molar-refractivity contribution in [3.8, 4) is 12.3 Å². The van der Waals surface area contributed by atoms with E-state index in [-0.39, 0.29) is 6.09 Å². The molecule has 0 spiro atoms. The highest BCUT2D eigenvalue weighted by molar-refractivity contribution is 5.68. The normalized spacial score (nSPS) is 19.9. The van der Waals surface area contributed by atoms with E-state index in [1.54, 1.807) is 0 Å². The maximum Gasteiger partial charge on any atom is 0.410 e. The molecular weight excluding hydrogens is 240 g/mol. The van der Waals surface area contributed by atoms with Crippen molar-refractivity contribution < 1.29 is 9.53 Å². The highest BCUT2D eigenvalue weighted by Crippen LogP contribution is 2.21. The van der Waals surface area contributed by atoms with Crippen LogP contribution in [0.25, 0.3) is 0 Å². The summed E-state index contributed by atoms with van der Waals surface area (Å²) in [4.78, 5) is 13.8. The summed E-state index contributed by atoms with van der Waals surface area (Å²) >= 11 is 0. The highest BCUT2D eigenvalue weighted by atomic mass is 16.6. The lowest BCUT2D eigenvalue weighted by Gasteiger charge is -2.34. The molecule has 0 aromatic carbocycles. The molecule has 1 atom stereocenters. The molecule has 1 unspecified atom stereocenters. The number of hydrogen-bond donors (Lipinski definition) is 1. The molecule has 1 amide bonds. The van der Waals surface area contributed by atoms with E-state index in [2.05, 4.69) is 11.2 Å². The van der Waals surface area contributed by atoms with Gasteiger partial charge in [-0.05, 0) is 52.5 Å². The van der Waals surface area contributed by atoms with Crippen LogP contribution in [0.2, 0.25) is 0 Å². The second kappa shape index (κ2) is 7.40. The van der Waals surface area contributed by atoms with Crippen molar-refractivity contribution in [2.45, 2.75) is 45.6 Å². The van der Waals surface area contributed by atoms with Gasteiger partial charge in [-0.2, -0.15) is 0 Å². The lowest BCUT2D eigenvalue weighted by Crippen LogP contribution is -2.43. The quantitative estimate of drug-likeness (QED) is 0.627. The molecule has 1 saturated heterocycles. The average Bonchev–Trinajstić information content (AvgIpc) is 2.33. The summed E-state index contributed by atoms with van der Waals surface area (Å²) < 4.78 is 5.41. The first-order valence-corrected chi connectivity index (χ1v) is 7.04. The first-order chi connectivity index (χ1) is 8.92. The number of amides is 1. The number of rotatable bonds is 4. The predicted octanol–water partition coefficient (Wildman–Crippen LogP) is 2.25. The Kier molecular flexibility index (Phi) is 6.17. The van der Waals surface area contributed by atoms with Gasteiger partial charge in [-0.15, -0.1) is 6.42 Å². The predicted molar refractivity (Wildman–Crippen MR) is 76.9 cm³/mol. The Hall–Kier alpha value is -1.21. The van der Waals surface area contributed by atoms with E-state index in [0.717, 1.165) is 32.5 Å². The van der Waals surface area contributed by atoms with Crippen molar-refractivity contribution in [2.75, 3.05) is 26.2 Å². The molecule has 108 valence electrons. The minimum absolute atomic E-state index is 0.186. The van der Waals surface area contributed by atoms with Crippen molar-refractivity contribution in [2.24, 2.45) is 5.92 Å². The Balaban J connectivity index is 2.33. The van der Waals surface area contributed by atoms with Gasteiger partial charge < -0.3 is 15.0 Å². The molecule has 0 aromatic rings. The van der Waals surface area contributed by atoms with Crippen molar-refractivity contribution >= 4 is 6.09 Å². The van der Waals surface area contributed by atoms with Crippen LogP contribution in [0.4, 0.5) is 4.79 Å². The van der Waals surface area contributed by atoms with Crippen molar-refractivity contribution in [1.29, 1.82) is 0 Å². The SMILES string of the molecule is C#CCNCCC1CCCN(C(=O)OC(C)(C)C)C1. The number of piperidine rings is 1. The molecule has 19 heavy (non-hydrogen) atoms. The van der Waals surface area contributed by atoms with Crippen LogP contribution >= 0.6 is 0 Å². The standard InChI is InChI=1S/C15H26N2O2/c1-5-9-16-10-8-13-7-6-11-17(12-13)14(18)19-15(2,3)4/h1,13,16H,6-12H2,2-4H3. The second-order valence-corrected chi connectivity index (χ2v) is 6.10. The van der Waals surface area contributed by atoms with Gasteiger partial charge in [-0.25, -0.2) is 4.79 Å². The van der Waals surface area contributed by atoms with Crippen LogP contribution < -0.4 is 5.32 Å². The number of nitrogens with zero attached hydrogens (tertiary/aromatic N) is 1. The Bertz CT molecular complexity index is 328. The maximum atomic E-state index is 12.0. The summed E-state index contributed by atoms with van der Waals surface area (Å²) in [5.41, 5.74) is -0.418. The fraction of sp³-hybridized carbons (Fsp3) is 0.800. The van der Waals surface area contributed by atoms with Gasteiger partial charge >= 0.3 is 6.09 Å². The minimum atomic E-state index is -0.418. The van der Waals surface area contributed by atoms with Gasteiger partial charge in [0.1, 0.15) is 5.60 Å². The second-order valence-electron chi connectivity index (χ2n) is 6.10. The summed E-state index contributed by atoms with van der Waals surface area (Å²) in [7, 11) is 0. The van der Waals surface area contributed by atoms with E-state index in [4.69, 9.17) is 11.2 Å². The summed E-state index contributed by atoms with van der Waals surface area (Å²) in [5.74, 6) is 3.11. The number of ether oxygens (including phenoxy) is 1. The van der Waals surface area contributed by atoms with Gasteiger partial charge in [0.2, 0.25) is 0 Å². The van der Waals surface area contributed by atoms with Crippen LogP contribution in [0.5, 0.6) is 0 Å². The third-order valence-corrected chi connectivity index (χ3v) is 3.13. The van der Waals surface area contributed by atoms with Gasteiger partial charge in [0.05, 0.1) is 6.54 Å². The minimum Gasteiger partial charge on any atom is -0.444 e. The average molecular weight is 266 g/mol. The van der Waals surface area contributed by atoms with Crippen molar-refractivity contribution in [3.05, 3.63) is 0 Å². The molecule has 1 fully saturated rings. The Morgan fingerprint density at radius 1 is 1.53 bits per heavy atom. The summed E-state index contributed by atoms with van der Waals surface area (Å²) in [6, 6.07) is 0. The number of hydrogen-bond acceptors (Lipinski definition) is 3. The van der Waals surface area contributed by atoms with E-state index < -0.39 is 5.60 Å². The van der Waals surface area contributed by atoms with E-state index in [0.29, 0.717) is 12.5 Å². The topological polar surface area (TPSA) is 41.6 Å². The monoisotopic (exact) mass is 266 g/mol. The Morgan fingerprint density at radius 3 is 2.89 bits per heavy atom. The van der Waals surface area contributed by atoms with Crippen molar-refractivity contribution in [1.82, 2.24) is 10.2 Å². The Morgan fingerprint density at radius 2 is 2.26 bits per heavy atom. The van der Waals surface area contributed by atoms with Crippen LogP contribution in [-0.4, -0.2) is 42.8 Å². The molecule has 1 rings (SSSR count). The summed E-state index contributed by atoms with van der Waals surface area (Å²) in [5, 5.41) is 3.19. The van der Waals surface area contributed by atoms with E-state index >= 15 is 0 Å². The number of nitrogens with one attached hydrogen (secondary N) is 1. The fourth-order valence-corrected chi connectivity index (χ4v) is 2.26. The molecule has 0 aromatic heterocycles. The molecule has 1 aliphatic rings. The summed E-state index contributed by atoms with van der Waals surface area (Å²) in [6.45, 7) is 8.83. The van der Waals surface area contributed by atoms with Crippen LogP contribution in [0.1, 0.15) is 40.0 Å². The molecular formula is C15H26N2O2. The number of likely N-dealkylation sites (tertiary alicyclic amines) is 1. The zero-order valence-electron chi connectivity index (χ0n) is 12.4. The van der Waals surface area contributed by atoms with Crippen molar-refractivity contribution in [3.63, 3.8) is 0 Å². The van der Waals surface area contributed by atoms with Gasteiger partial charge in [0, 0.05) is 13.1 Å². The highest BCUT2D eigenvalue weighted by Gasteiger charge is 2.27. The molecule has 0 aliphatic carbocycles. The molecule has 0 radical (unpaired) electrons. The smallest absolute Gasteiger partial charge is 0.410 e. The molecule has 0 saturated carbocycles. The zero-order valence-corrected chi connectivity index (χ0v) is 12.4. The number of terminal acetylenes is 1. The van der Waals surface area contributed by atoms with Gasteiger partial charge in [-0.1, -0.05) is 5.92 Å². The summed E-state index contributed by atoms with van der Waals surface area (Å²) in [6.07, 6.45) is 8.29. The lowest BCUT2D eigenvalue weighted by molar-refractivity contribution is 0.0162. The lowest BCUT2D eigenvalue weighted by atomic mass is 9.95. The number of carbonyl (C=O) groups is 1. The zero-order chi connectivity index (χ0) is 14.3. The molecule has 1 heterocycles. The third kappa shape index (κ3) is 6.49. The van der Waals surface area contributed by atoms with Gasteiger partial charge in [0.15, 0.2) is 0 Å². The first kappa shape index (κ1) is 15.8. The maximum absolute atomic E-state index is 12.0. The molecule has 4 heteroatoms. The third-order valence-electron chi connectivity index (χ3n) is 3.13. The molecule has 4 nitrogen and oxygen atoms in total. The fourth-order valence-electron chi connectivity index (χ4n) is 2.26. The van der Waals surface area contributed by atoms with Crippen LogP contribution in [0.3, 0.4) is 0 Å². The first-order valence-electron chi connectivity index (χ1n) is 7.04. The molecule has 1 aliphatic heterocycles. The van der Waals surface area contributed by atoms with E-state index in [1.807, 2.05) is 25.7 Å². The molecule has 0 bridgehead atoms. The van der Waals surface area contributed by atoms with Crippen LogP contribution in [0, 0.1) is 18.3 Å². The van der Waals surface area contributed by atoms with Crippen LogP contribution in [-0.2, 0) is 4.74 Å². The van der Waals surface area contributed by atoms with Crippen LogP contribution in [0.15, 0.2) is 0 Å². The van der Waals surface area contributed by atoms with Gasteiger partial charge in [0.25, 0.3) is 0 Å². The van der Waals surface area contributed by atoms with Gasteiger partial charge in [-0.3, -0.25) is 0 Å². The van der Waals surface area contributed by atoms with E-state index in [1.165, 1.54) is 6.42 Å². The largest absolute Gasteiger partial charge is 0.444 e.